The fourth-order valence-corrected chi connectivity index (χ4v) is 1.21. The minimum Gasteiger partial charge on any atom is -0.295 e. The summed E-state index contributed by atoms with van der Waals surface area (Å²) in [5, 5.41) is 0. The molecule has 0 spiro atoms. The molecule has 1 heteroatoms. The van der Waals surface area contributed by atoms with E-state index in [2.05, 4.69) is 13.0 Å². The molecule has 0 radical (unpaired) electrons. The number of carbonyl (C=O) groups excluding carboxylic acids is 1. The summed E-state index contributed by atoms with van der Waals surface area (Å²) in [6.07, 6.45) is 6.97. The molecule has 1 aliphatic carbocycles. The third kappa shape index (κ3) is 1.35. The van der Waals surface area contributed by atoms with Gasteiger partial charge in [0.2, 0.25) is 0 Å². The Balaban J connectivity index is 2.80. The zero-order valence-electron chi connectivity index (χ0n) is 6.42. The van der Waals surface area contributed by atoms with Crippen molar-refractivity contribution in [3.63, 3.8) is 0 Å². The van der Waals surface area contributed by atoms with E-state index < -0.39 is 0 Å². The highest BCUT2D eigenvalue weighted by Gasteiger charge is 2.12. The van der Waals surface area contributed by atoms with Gasteiger partial charge in [-0.2, -0.15) is 0 Å². The van der Waals surface area contributed by atoms with Crippen LogP contribution in [0.5, 0.6) is 0 Å². The molecule has 0 amide bonds. The Hall–Kier alpha value is -0.850. The Labute approximate surface area is 61.4 Å². The maximum atomic E-state index is 10.9. The molecule has 0 saturated carbocycles. The quantitative estimate of drug-likeness (QED) is 0.539. The Morgan fingerprint density at radius 2 is 2.40 bits per heavy atom. The smallest absolute Gasteiger partial charge is 0.156 e. The number of carbonyl (C=O) groups is 1. The zero-order chi connectivity index (χ0) is 7.56. The van der Waals surface area contributed by atoms with Gasteiger partial charge in [0.15, 0.2) is 5.78 Å². The van der Waals surface area contributed by atoms with Crippen molar-refractivity contribution in [3.05, 3.63) is 23.8 Å². The van der Waals surface area contributed by atoms with Crippen molar-refractivity contribution in [2.75, 3.05) is 0 Å². The average Bonchev–Trinajstić information content (AvgIpc) is 1.88. The van der Waals surface area contributed by atoms with Gasteiger partial charge in [-0.25, -0.2) is 0 Å². The van der Waals surface area contributed by atoms with Gasteiger partial charge in [0.25, 0.3) is 0 Å². The largest absolute Gasteiger partial charge is 0.295 e. The van der Waals surface area contributed by atoms with E-state index in [0.717, 1.165) is 12.0 Å². The summed E-state index contributed by atoms with van der Waals surface area (Å²) in [5.74, 6) is 0.624. The number of hydrogen-bond acceptors (Lipinski definition) is 1. The summed E-state index contributed by atoms with van der Waals surface area (Å²) in [5.41, 5.74) is 0.961. The van der Waals surface area contributed by atoms with Crippen molar-refractivity contribution in [2.24, 2.45) is 5.92 Å². The fourth-order valence-electron chi connectivity index (χ4n) is 1.21. The van der Waals surface area contributed by atoms with Gasteiger partial charge >= 0.3 is 0 Å². The van der Waals surface area contributed by atoms with Crippen LogP contribution in [0.3, 0.4) is 0 Å². The molecular weight excluding hydrogens is 124 g/mol. The molecule has 1 nitrogen and oxygen atoms in total. The number of Topliss-reactive ketones (excluding diaryl/α,β-unsaturated/α-hetero) is 1. The van der Waals surface area contributed by atoms with Crippen LogP contribution in [-0.2, 0) is 4.79 Å². The third-order valence-corrected chi connectivity index (χ3v) is 1.84. The molecule has 1 rings (SSSR count). The molecule has 54 valence electrons. The van der Waals surface area contributed by atoms with Crippen LogP contribution >= 0.6 is 0 Å². The predicted octanol–water partition coefficient (Wildman–Crippen LogP) is 2.10. The van der Waals surface area contributed by atoms with E-state index in [9.17, 15) is 4.79 Å². The lowest BCUT2D eigenvalue weighted by Crippen LogP contribution is -2.08. The monoisotopic (exact) mass is 136 g/mol. The number of allylic oxidation sites excluding steroid dienone is 4. The number of hydrogen-bond donors (Lipinski definition) is 0. The second-order valence-corrected chi connectivity index (χ2v) is 2.74. The van der Waals surface area contributed by atoms with Crippen molar-refractivity contribution in [3.8, 4) is 0 Å². The fraction of sp³-hybridized carbons (Fsp3) is 0.444. The van der Waals surface area contributed by atoms with Gasteiger partial charge in [-0.1, -0.05) is 25.2 Å². The first kappa shape index (κ1) is 7.26. The molecule has 1 aliphatic rings. The molecule has 1 unspecified atom stereocenters. The van der Waals surface area contributed by atoms with Crippen molar-refractivity contribution in [2.45, 2.75) is 20.3 Å². The molecule has 0 aromatic heterocycles. The molecular formula is C9H12O. The minimum absolute atomic E-state index is 0.205. The van der Waals surface area contributed by atoms with Crippen molar-refractivity contribution in [1.29, 1.82) is 0 Å². The SMILES string of the molecule is CC(=O)C1=CC=CCC1C. The highest BCUT2D eigenvalue weighted by atomic mass is 16.1. The Bertz CT molecular complexity index is 199. The zero-order valence-corrected chi connectivity index (χ0v) is 6.42. The lowest BCUT2D eigenvalue weighted by atomic mass is 9.91. The van der Waals surface area contributed by atoms with E-state index in [1.54, 1.807) is 6.92 Å². The standard InChI is InChI=1S/C9H12O/c1-7-5-3-4-6-9(7)8(2)10/h3-4,6-7H,5H2,1-2H3. The van der Waals surface area contributed by atoms with E-state index in [4.69, 9.17) is 0 Å². The van der Waals surface area contributed by atoms with E-state index >= 15 is 0 Å². The third-order valence-electron chi connectivity index (χ3n) is 1.84. The van der Waals surface area contributed by atoms with Gasteiger partial charge < -0.3 is 0 Å². The Morgan fingerprint density at radius 1 is 1.70 bits per heavy atom. The normalized spacial score (nSPS) is 24.2. The van der Waals surface area contributed by atoms with Gasteiger partial charge in [0, 0.05) is 0 Å². The molecule has 0 aromatic rings. The van der Waals surface area contributed by atoms with E-state index in [1.165, 1.54) is 0 Å². The van der Waals surface area contributed by atoms with Gasteiger partial charge in [-0.15, -0.1) is 0 Å². The molecule has 0 aromatic carbocycles. The minimum atomic E-state index is 0.205. The first-order valence-corrected chi connectivity index (χ1v) is 3.59. The van der Waals surface area contributed by atoms with E-state index in [0.29, 0.717) is 5.92 Å². The molecule has 0 bridgehead atoms. The molecule has 0 aliphatic heterocycles. The molecule has 0 fully saturated rings. The topological polar surface area (TPSA) is 17.1 Å². The van der Waals surface area contributed by atoms with Crippen LogP contribution in [0.1, 0.15) is 20.3 Å². The van der Waals surface area contributed by atoms with Crippen LogP contribution in [0.25, 0.3) is 0 Å². The Kier molecular flexibility index (Phi) is 2.05. The van der Waals surface area contributed by atoms with Gasteiger partial charge in [0.1, 0.15) is 0 Å². The second kappa shape index (κ2) is 2.82. The summed E-state index contributed by atoms with van der Waals surface area (Å²) in [7, 11) is 0. The molecule has 10 heavy (non-hydrogen) atoms. The summed E-state index contributed by atoms with van der Waals surface area (Å²) in [4.78, 5) is 10.9. The van der Waals surface area contributed by atoms with Crippen LogP contribution in [0.2, 0.25) is 0 Å². The summed E-state index contributed by atoms with van der Waals surface area (Å²) >= 11 is 0. The van der Waals surface area contributed by atoms with Crippen LogP contribution in [-0.4, -0.2) is 5.78 Å². The molecule has 0 saturated heterocycles. The van der Waals surface area contributed by atoms with Crippen LogP contribution in [0, 0.1) is 5.92 Å². The lowest BCUT2D eigenvalue weighted by molar-refractivity contribution is -0.114. The average molecular weight is 136 g/mol. The Morgan fingerprint density at radius 3 is 2.80 bits per heavy atom. The molecule has 0 heterocycles. The maximum absolute atomic E-state index is 10.9. The van der Waals surface area contributed by atoms with E-state index in [1.807, 2.05) is 12.2 Å². The van der Waals surface area contributed by atoms with Gasteiger partial charge in [-0.3, -0.25) is 4.79 Å². The summed E-state index contributed by atoms with van der Waals surface area (Å²) in [6.45, 7) is 3.71. The maximum Gasteiger partial charge on any atom is 0.156 e. The first-order chi connectivity index (χ1) is 4.72. The van der Waals surface area contributed by atoms with Crippen LogP contribution in [0.4, 0.5) is 0 Å². The van der Waals surface area contributed by atoms with Gasteiger partial charge in [-0.05, 0) is 24.8 Å². The van der Waals surface area contributed by atoms with E-state index in [-0.39, 0.29) is 5.78 Å². The van der Waals surface area contributed by atoms with Gasteiger partial charge in [0.05, 0.1) is 0 Å². The highest BCUT2D eigenvalue weighted by Crippen LogP contribution is 2.19. The number of rotatable bonds is 1. The molecule has 1 atom stereocenters. The predicted molar refractivity (Wildman–Crippen MR) is 41.7 cm³/mol. The van der Waals surface area contributed by atoms with Crippen molar-refractivity contribution < 1.29 is 4.79 Å². The summed E-state index contributed by atoms with van der Waals surface area (Å²) in [6, 6.07) is 0. The van der Waals surface area contributed by atoms with Crippen LogP contribution in [0.15, 0.2) is 23.8 Å². The summed E-state index contributed by atoms with van der Waals surface area (Å²) < 4.78 is 0. The highest BCUT2D eigenvalue weighted by molar-refractivity contribution is 5.94. The molecule has 0 N–H and O–H groups in total. The first-order valence-electron chi connectivity index (χ1n) is 3.59. The second-order valence-electron chi connectivity index (χ2n) is 2.74. The number of ketones is 1. The van der Waals surface area contributed by atoms with Crippen molar-refractivity contribution >= 4 is 5.78 Å². The van der Waals surface area contributed by atoms with Crippen LogP contribution < -0.4 is 0 Å². The van der Waals surface area contributed by atoms with Crippen molar-refractivity contribution in [1.82, 2.24) is 0 Å². The lowest BCUT2D eigenvalue weighted by Gasteiger charge is -2.13.